The second-order valence-electron chi connectivity index (χ2n) is 5.55. The molecule has 1 N–H and O–H groups in total. The van der Waals surface area contributed by atoms with E-state index in [0.717, 1.165) is 22.3 Å². The van der Waals surface area contributed by atoms with Gasteiger partial charge in [-0.15, -0.1) is 0 Å². The standard InChI is InChI=1S/C19H16N4/c1-13-15(8-7-14-5-4-10-22-19(13)14)18(17-11-20-12-23-17)16-6-2-3-9-21-16/h2-12,18H,1H3,(H,20,23). The smallest absolute Gasteiger partial charge is 0.0922 e. The second kappa shape index (κ2) is 5.65. The van der Waals surface area contributed by atoms with Crippen molar-refractivity contribution in [3.63, 3.8) is 0 Å². The Balaban J connectivity index is 1.96. The van der Waals surface area contributed by atoms with Gasteiger partial charge in [-0.2, -0.15) is 0 Å². The highest BCUT2D eigenvalue weighted by Gasteiger charge is 2.22. The first-order valence-electron chi connectivity index (χ1n) is 7.58. The van der Waals surface area contributed by atoms with Crippen LogP contribution in [0.15, 0.2) is 67.4 Å². The maximum absolute atomic E-state index is 4.56. The van der Waals surface area contributed by atoms with E-state index >= 15 is 0 Å². The minimum absolute atomic E-state index is 0.0186. The molecule has 0 saturated heterocycles. The molecule has 0 radical (unpaired) electrons. The summed E-state index contributed by atoms with van der Waals surface area (Å²) in [4.78, 5) is 16.5. The van der Waals surface area contributed by atoms with Crippen molar-refractivity contribution in [3.05, 3.63) is 89.9 Å². The summed E-state index contributed by atoms with van der Waals surface area (Å²) >= 11 is 0. The highest BCUT2D eigenvalue weighted by molar-refractivity contribution is 5.83. The number of pyridine rings is 2. The summed E-state index contributed by atoms with van der Waals surface area (Å²) in [5, 5.41) is 1.15. The van der Waals surface area contributed by atoms with Gasteiger partial charge in [-0.25, -0.2) is 4.98 Å². The molecule has 1 atom stereocenters. The molecule has 4 aromatic rings. The molecule has 3 heterocycles. The fraction of sp³-hybridized carbons (Fsp3) is 0.105. The number of H-pyrrole nitrogens is 1. The number of nitrogens with one attached hydrogen (secondary N) is 1. The van der Waals surface area contributed by atoms with Crippen LogP contribution in [0.3, 0.4) is 0 Å². The number of aromatic nitrogens is 4. The number of fused-ring (bicyclic) bond motifs is 1. The van der Waals surface area contributed by atoms with Crippen molar-refractivity contribution >= 4 is 10.9 Å². The molecule has 0 bridgehead atoms. The van der Waals surface area contributed by atoms with E-state index in [1.807, 2.05) is 42.9 Å². The lowest BCUT2D eigenvalue weighted by atomic mass is 9.88. The van der Waals surface area contributed by atoms with Crippen LogP contribution >= 0.6 is 0 Å². The third-order valence-corrected chi connectivity index (χ3v) is 4.19. The Morgan fingerprint density at radius 1 is 0.957 bits per heavy atom. The zero-order valence-electron chi connectivity index (χ0n) is 12.8. The number of nitrogens with zero attached hydrogens (tertiary/aromatic N) is 3. The maximum atomic E-state index is 4.56. The summed E-state index contributed by atoms with van der Waals surface area (Å²) in [6.07, 6.45) is 7.24. The highest BCUT2D eigenvalue weighted by Crippen LogP contribution is 2.33. The van der Waals surface area contributed by atoms with Crippen LogP contribution in [0.1, 0.15) is 28.4 Å². The molecule has 112 valence electrons. The van der Waals surface area contributed by atoms with Crippen LogP contribution in [0, 0.1) is 6.92 Å². The largest absolute Gasteiger partial charge is 0.348 e. The molecular weight excluding hydrogens is 284 g/mol. The molecule has 0 amide bonds. The van der Waals surface area contributed by atoms with Crippen molar-refractivity contribution in [1.82, 2.24) is 19.9 Å². The molecule has 0 spiro atoms. The molecule has 3 aromatic heterocycles. The van der Waals surface area contributed by atoms with Crippen LogP contribution in [-0.4, -0.2) is 19.9 Å². The van der Waals surface area contributed by atoms with Gasteiger partial charge in [-0.1, -0.05) is 24.3 Å². The first kappa shape index (κ1) is 13.6. The molecule has 0 aliphatic rings. The number of rotatable bonds is 3. The molecule has 4 nitrogen and oxygen atoms in total. The number of imidazole rings is 1. The number of hydrogen-bond donors (Lipinski definition) is 1. The van der Waals surface area contributed by atoms with Crippen molar-refractivity contribution in [2.75, 3.05) is 0 Å². The molecule has 4 rings (SSSR count). The highest BCUT2D eigenvalue weighted by atomic mass is 14.9. The van der Waals surface area contributed by atoms with Gasteiger partial charge >= 0.3 is 0 Å². The molecule has 0 fully saturated rings. The van der Waals surface area contributed by atoms with Crippen LogP contribution in [0.25, 0.3) is 10.9 Å². The van der Waals surface area contributed by atoms with Gasteiger partial charge in [0.1, 0.15) is 0 Å². The Morgan fingerprint density at radius 2 is 1.87 bits per heavy atom. The van der Waals surface area contributed by atoms with E-state index in [1.54, 1.807) is 6.33 Å². The average Bonchev–Trinajstić information content (AvgIpc) is 3.13. The van der Waals surface area contributed by atoms with Crippen molar-refractivity contribution in [2.45, 2.75) is 12.8 Å². The van der Waals surface area contributed by atoms with E-state index in [4.69, 9.17) is 0 Å². The first-order chi connectivity index (χ1) is 11.3. The van der Waals surface area contributed by atoms with Gasteiger partial charge < -0.3 is 4.98 Å². The summed E-state index contributed by atoms with van der Waals surface area (Å²) in [5.74, 6) is 0.0186. The molecule has 1 unspecified atom stereocenters. The Kier molecular flexibility index (Phi) is 3.35. The van der Waals surface area contributed by atoms with Gasteiger partial charge in [-0.05, 0) is 36.2 Å². The fourth-order valence-electron chi connectivity index (χ4n) is 3.08. The monoisotopic (exact) mass is 300 g/mol. The number of benzene rings is 1. The van der Waals surface area contributed by atoms with Crippen molar-refractivity contribution in [1.29, 1.82) is 0 Å². The lowest BCUT2D eigenvalue weighted by molar-refractivity contribution is 0.879. The van der Waals surface area contributed by atoms with Gasteiger partial charge in [-0.3, -0.25) is 9.97 Å². The van der Waals surface area contributed by atoms with Gasteiger partial charge in [0.2, 0.25) is 0 Å². The van der Waals surface area contributed by atoms with Crippen molar-refractivity contribution < 1.29 is 0 Å². The molecule has 0 aliphatic heterocycles. The zero-order chi connectivity index (χ0) is 15.6. The van der Waals surface area contributed by atoms with Gasteiger partial charge in [0, 0.05) is 29.7 Å². The summed E-state index contributed by atoms with van der Waals surface area (Å²) in [6.45, 7) is 2.12. The fourth-order valence-corrected chi connectivity index (χ4v) is 3.08. The van der Waals surface area contributed by atoms with Gasteiger partial charge in [0.05, 0.1) is 23.5 Å². The average molecular weight is 300 g/mol. The van der Waals surface area contributed by atoms with Gasteiger partial charge in [0.15, 0.2) is 0 Å². The Hall–Kier alpha value is -3.01. The molecule has 0 saturated carbocycles. The lowest BCUT2D eigenvalue weighted by Crippen LogP contribution is -2.08. The first-order valence-corrected chi connectivity index (χ1v) is 7.58. The second-order valence-corrected chi connectivity index (χ2v) is 5.55. The normalized spacial score (nSPS) is 12.4. The Bertz CT molecular complexity index is 930. The Labute approximate surface area is 134 Å². The summed E-state index contributed by atoms with van der Waals surface area (Å²) in [7, 11) is 0. The zero-order valence-corrected chi connectivity index (χ0v) is 12.8. The van der Waals surface area contributed by atoms with E-state index < -0.39 is 0 Å². The van der Waals surface area contributed by atoms with Crippen molar-refractivity contribution in [2.24, 2.45) is 0 Å². The quantitative estimate of drug-likeness (QED) is 0.625. The Morgan fingerprint density at radius 3 is 2.65 bits per heavy atom. The molecule has 4 heteroatoms. The van der Waals surface area contributed by atoms with E-state index in [2.05, 4.69) is 45.1 Å². The minimum atomic E-state index is 0.0186. The van der Waals surface area contributed by atoms with E-state index in [0.29, 0.717) is 0 Å². The lowest BCUT2D eigenvalue weighted by Gasteiger charge is -2.18. The number of aryl methyl sites for hydroxylation is 1. The van der Waals surface area contributed by atoms with Crippen LogP contribution in [0.2, 0.25) is 0 Å². The maximum Gasteiger partial charge on any atom is 0.0922 e. The van der Waals surface area contributed by atoms with E-state index in [9.17, 15) is 0 Å². The molecule has 0 aliphatic carbocycles. The number of hydrogen-bond acceptors (Lipinski definition) is 3. The SMILES string of the molecule is Cc1c(C(c2ccccn2)c2cnc[nH]2)ccc2cccnc12. The molecular formula is C19H16N4. The van der Waals surface area contributed by atoms with Crippen LogP contribution < -0.4 is 0 Å². The van der Waals surface area contributed by atoms with E-state index in [-0.39, 0.29) is 5.92 Å². The number of aromatic amines is 1. The van der Waals surface area contributed by atoms with Crippen LogP contribution in [-0.2, 0) is 0 Å². The molecule has 23 heavy (non-hydrogen) atoms. The third-order valence-electron chi connectivity index (χ3n) is 4.19. The summed E-state index contributed by atoms with van der Waals surface area (Å²) in [5.41, 5.74) is 5.43. The topological polar surface area (TPSA) is 54.5 Å². The van der Waals surface area contributed by atoms with E-state index in [1.165, 1.54) is 11.1 Å². The predicted molar refractivity (Wildman–Crippen MR) is 90.2 cm³/mol. The van der Waals surface area contributed by atoms with Crippen molar-refractivity contribution in [3.8, 4) is 0 Å². The molecule has 1 aromatic carbocycles. The van der Waals surface area contributed by atoms with Crippen LogP contribution in [0.4, 0.5) is 0 Å². The summed E-state index contributed by atoms with van der Waals surface area (Å²) < 4.78 is 0. The third kappa shape index (κ3) is 2.38. The van der Waals surface area contributed by atoms with Crippen LogP contribution in [0.5, 0.6) is 0 Å². The summed E-state index contributed by atoms with van der Waals surface area (Å²) in [6, 6.07) is 14.3. The minimum Gasteiger partial charge on any atom is -0.348 e. The predicted octanol–water partition coefficient (Wildman–Crippen LogP) is 3.84. The van der Waals surface area contributed by atoms with Gasteiger partial charge in [0.25, 0.3) is 0 Å².